The number of aryl methyl sites for hydroxylation is 2. The number of methoxy groups -OCH3 is 1. The number of nitrogens with zero attached hydrogens (tertiary/aromatic N) is 1. The molecule has 0 aliphatic heterocycles. The summed E-state index contributed by atoms with van der Waals surface area (Å²) < 4.78 is 6.89. The average molecular weight is 258 g/mol. The van der Waals surface area contributed by atoms with Gasteiger partial charge in [-0.15, -0.1) is 0 Å². The molecule has 0 aliphatic carbocycles. The second-order valence-electron chi connectivity index (χ2n) is 4.54. The van der Waals surface area contributed by atoms with Crippen molar-refractivity contribution in [1.82, 2.24) is 4.57 Å². The maximum absolute atomic E-state index is 11.3. The molecule has 4 heteroatoms. The summed E-state index contributed by atoms with van der Waals surface area (Å²) in [6.07, 6.45) is 1.78. The van der Waals surface area contributed by atoms with Crippen LogP contribution in [0.15, 0.2) is 41.3 Å². The van der Waals surface area contributed by atoms with E-state index in [0.717, 1.165) is 17.0 Å². The van der Waals surface area contributed by atoms with E-state index >= 15 is 0 Å². The van der Waals surface area contributed by atoms with Crippen LogP contribution in [0.5, 0.6) is 5.75 Å². The first kappa shape index (κ1) is 13.2. The first-order chi connectivity index (χ1) is 9.10. The fraction of sp³-hybridized carbons (Fsp3) is 0.267. The van der Waals surface area contributed by atoms with Gasteiger partial charge >= 0.3 is 0 Å². The molecule has 1 N–H and O–H groups in total. The van der Waals surface area contributed by atoms with Crippen molar-refractivity contribution >= 4 is 5.69 Å². The van der Waals surface area contributed by atoms with Crippen LogP contribution in [-0.4, -0.2) is 11.7 Å². The molecule has 2 rings (SSSR count). The number of pyridine rings is 1. The molecule has 2 aromatic rings. The summed E-state index contributed by atoms with van der Waals surface area (Å²) in [5.41, 5.74) is 3.18. The zero-order valence-corrected chi connectivity index (χ0v) is 11.4. The van der Waals surface area contributed by atoms with Gasteiger partial charge in [0.2, 0.25) is 5.56 Å². The van der Waals surface area contributed by atoms with Gasteiger partial charge in [-0.1, -0.05) is 17.7 Å². The van der Waals surface area contributed by atoms with E-state index < -0.39 is 0 Å². The van der Waals surface area contributed by atoms with Crippen LogP contribution in [0.3, 0.4) is 0 Å². The second kappa shape index (κ2) is 5.61. The molecule has 0 atom stereocenters. The van der Waals surface area contributed by atoms with Crippen molar-refractivity contribution in [3.63, 3.8) is 0 Å². The number of rotatable bonds is 4. The van der Waals surface area contributed by atoms with Gasteiger partial charge in [0.1, 0.15) is 5.75 Å². The number of ether oxygens (including phenoxy) is 1. The lowest BCUT2D eigenvalue weighted by Crippen LogP contribution is -2.15. The smallest absolute Gasteiger partial charge is 0.250 e. The Morgan fingerprint density at radius 3 is 2.74 bits per heavy atom. The van der Waals surface area contributed by atoms with Gasteiger partial charge in [-0.25, -0.2) is 0 Å². The van der Waals surface area contributed by atoms with Crippen LogP contribution in [0, 0.1) is 6.92 Å². The first-order valence-electron chi connectivity index (χ1n) is 6.14. The van der Waals surface area contributed by atoms with E-state index in [1.54, 1.807) is 37.1 Å². The van der Waals surface area contributed by atoms with Crippen molar-refractivity contribution in [3.8, 4) is 5.75 Å². The molecule has 0 saturated carbocycles. The van der Waals surface area contributed by atoms with Gasteiger partial charge in [0.25, 0.3) is 0 Å². The number of anilines is 1. The summed E-state index contributed by atoms with van der Waals surface area (Å²) in [6.45, 7) is 2.71. The Labute approximate surface area is 112 Å². The topological polar surface area (TPSA) is 43.3 Å². The lowest BCUT2D eigenvalue weighted by molar-refractivity contribution is 0.410. The summed E-state index contributed by atoms with van der Waals surface area (Å²) in [5, 5.41) is 3.29. The minimum atomic E-state index is -0.0151. The molecule has 0 fully saturated rings. The number of hydrogen-bond acceptors (Lipinski definition) is 3. The third kappa shape index (κ3) is 3.16. The molecular weight excluding hydrogens is 240 g/mol. The van der Waals surface area contributed by atoms with Crippen molar-refractivity contribution < 1.29 is 4.74 Å². The van der Waals surface area contributed by atoms with Crippen LogP contribution in [0.2, 0.25) is 0 Å². The molecule has 0 amide bonds. The quantitative estimate of drug-likeness (QED) is 0.915. The Kier molecular flexibility index (Phi) is 3.90. The lowest BCUT2D eigenvalue weighted by Gasteiger charge is -2.12. The van der Waals surface area contributed by atoms with Crippen LogP contribution in [0.1, 0.15) is 11.1 Å². The molecule has 100 valence electrons. The lowest BCUT2D eigenvalue weighted by atomic mass is 10.1. The van der Waals surface area contributed by atoms with Crippen molar-refractivity contribution in [2.24, 2.45) is 7.05 Å². The van der Waals surface area contributed by atoms with Crippen LogP contribution in [0.4, 0.5) is 5.69 Å². The van der Waals surface area contributed by atoms with E-state index in [0.29, 0.717) is 6.54 Å². The molecule has 1 heterocycles. The van der Waals surface area contributed by atoms with Crippen LogP contribution in [-0.2, 0) is 13.6 Å². The molecule has 0 unspecified atom stereocenters. The zero-order valence-electron chi connectivity index (χ0n) is 11.4. The van der Waals surface area contributed by atoms with E-state index in [4.69, 9.17) is 4.74 Å². The zero-order chi connectivity index (χ0) is 13.8. The Morgan fingerprint density at radius 1 is 1.26 bits per heavy atom. The van der Waals surface area contributed by atoms with E-state index in [2.05, 4.69) is 18.3 Å². The van der Waals surface area contributed by atoms with Gasteiger partial charge in [0.05, 0.1) is 12.8 Å². The number of hydrogen-bond donors (Lipinski definition) is 1. The average Bonchev–Trinajstić information content (AvgIpc) is 2.40. The highest BCUT2D eigenvalue weighted by Gasteiger charge is 2.03. The minimum absolute atomic E-state index is 0.0151. The SMILES string of the molecule is COc1ccc(C)cc1CNc1ccc(=O)n(C)c1. The van der Waals surface area contributed by atoms with E-state index in [9.17, 15) is 4.79 Å². The fourth-order valence-electron chi connectivity index (χ4n) is 1.94. The Hall–Kier alpha value is -2.23. The van der Waals surface area contributed by atoms with Gasteiger partial charge < -0.3 is 14.6 Å². The van der Waals surface area contributed by atoms with Crippen LogP contribution in [0.25, 0.3) is 0 Å². The van der Waals surface area contributed by atoms with E-state index in [-0.39, 0.29) is 5.56 Å². The summed E-state index contributed by atoms with van der Waals surface area (Å²) >= 11 is 0. The normalized spacial score (nSPS) is 10.3. The molecule has 1 aromatic heterocycles. The number of aromatic nitrogens is 1. The fourth-order valence-corrected chi connectivity index (χ4v) is 1.94. The van der Waals surface area contributed by atoms with Crippen molar-refractivity contribution in [2.75, 3.05) is 12.4 Å². The Balaban J connectivity index is 2.16. The predicted octanol–water partition coefficient (Wildman–Crippen LogP) is 2.31. The summed E-state index contributed by atoms with van der Waals surface area (Å²) in [4.78, 5) is 11.3. The Bertz CT molecular complexity index is 632. The van der Waals surface area contributed by atoms with Gasteiger partial charge in [-0.2, -0.15) is 0 Å². The second-order valence-corrected chi connectivity index (χ2v) is 4.54. The van der Waals surface area contributed by atoms with Crippen molar-refractivity contribution in [2.45, 2.75) is 13.5 Å². The van der Waals surface area contributed by atoms with Crippen LogP contribution < -0.4 is 15.6 Å². The van der Waals surface area contributed by atoms with Crippen LogP contribution >= 0.6 is 0 Å². The van der Waals surface area contributed by atoms with Gasteiger partial charge in [0.15, 0.2) is 0 Å². The summed E-state index contributed by atoms with van der Waals surface area (Å²) in [5.74, 6) is 0.864. The number of benzene rings is 1. The molecule has 4 nitrogen and oxygen atoms in total. The monoisotopic (exact) mass is 258 g/mol. The first-order valence-corrected chi connectivity index (χ1v) is 6.14. The highest BCUT2D eigenvalue weighted by atomic mass is 16.5. The molecule has 0 aliphatic rings. The maximum Gasteiger partial charge on any atom is 0.250 e. The highest BCUT2D eigenvalue weighted by Crippen LogP contribution is 2.20. The molecule has 0 spiro atoms. The predicted molar refractivity (Wildman–Crippen MR) is 76.7 cm³/mol. The third-order valence-corrected chi connectivity index (χ3v) is 3.00. The van der Waals surface area contributed by atoms with Gasteiger partial charge in [-0.05, 0) is 19.1 Å². The molecular formula is C15H18N2O2. The molecule has 0 radical (unpaired) electrons. The van der Waals surface area contributed by atoms with Crippen molar-refractivity contribution in [1.29, 1.82) is 0 Å². The van der Waals surface area contributed by atoms with E-state index in [1.165, 1.54) is 5.56 Å². The molecule has 19 heavy (non-hydrogen) atoms. The third-order valence-electron chi connectivity index (χ3n) is 3.00. The molecule has 0 saturated heterocycles. The van der Waals surface area contributed by atoms with Gasteiger partial charge in [-0.3, -0.25) is 4.79 Å². The van der Waals surface area contributed by atoms with Gasteiger partial charge in [0, 0.05) is 31.4 Å². The molecule has 1 aromatic carbocycles. The number of nitrogens with one attached hydrogen (secondary N) is 1. The standard InChI is InChI=1S/C15H18N2O2/c1-11-4-6-14(19-3)12(8-11)9-16-13-5-7-15(18)17(2)10-13/h4-8,10,16H,9H2,1-3H3. The maximum atomic E-state index is 11.3. The highest BCUT2D eigenvalue weighted by molar-refractivity contribution is 5.44. The Morgan fingerprint density at radius 2 is 2.05 bits per heavy atom. The molecule has 0 bridgehead atoms. The van der Waals surface area contributed by atoms with E-state index in [1.807, 2.05) is 12.1 Å². The summed E-state index contributed by atoms with van der Waals surface area (Å²) in [6, 6.07) is 9.41. The van der Waals surface area contributed by atoms with Crippen molar-refractivity contribution in [3.05, 3.63) is 58.0 Å². The minimum Gasteiger partial charge on any atom is -0.496 e. The largest absolute Gasteiger partial charge is 0.496 e. The summed E-state index contributed by atoms with van der Waals surface area (Å²) in [7, 11) is 3.40.